The highest BCUT2D eigenvalue weighted by molar-refractivity contribution is 6.22. The summed E-state index contributed by atoms with van der Waals surface area (Å²) in [6, 6.07) is 0.657. The van der Waals surface area contributed by atoms with Crippen molar-refractivity contribution in [1.82, 2.24) is 4.57 Å². The van der Waals surface area contributed by atoms with E-state index in [4.69, 9.17) is 0 Å². The first kappa shape index (κ1) is 8.69. The summed E-state index contributed by atoms with van der Waals surface area (Å²) in [5.74, 6) is 0.857. The van der Waals surface area contributed by atoms with Crippen LogP contribution < -0.4 is 0 Å². The highest BCUT2D eigenvalue weighted by atomic mass is 28.3. The third-order valence-electron chi connectivity index (χ3n) is 3.51. The summed E-state index contributed by atoms with van der Waals surface area (Å²) in [6.45, 7) is 1.06. The first-order valence-corrected chi connectivity index (χ1v) is 6.38. The number of fused-ring (bicyclic) bond motifs is 1. The van der Waals surface area contributed by atoms with Crippen LogP contribution in [0.1, 0.15) is 38.5 Å². The van der Waals surface area contributed by atoms with Crippen molar-refractivity contribution >= 4 is 10.0 Å². The first-order chi connectivity index (χ1) is 5.92. The fourth-order valence-electron chi connectivity index (χ4n) is 2.88. The van der Waals surface area contributed by atoms with Crippen LogP contribution in [-0.2, 0) is 0 Å². The Morgan fingerprint density at radius 2 is 1.83 bits per heavy atom. The Kier molecular flexibility index (Phi) is 2.81. The van der Waals surface area contributed by atoms with Crippen LogP contribution in [-0.4, -0.2) is 27.2 Å². The second kappa shape index (κ2) is 3.88. The van der Waals surface area contributed by atoms with Gasteiger partial charge in [-0.1, -0.05) is 12.8 Å². The van der Waals surface area contributed by atoms with Crippen molar-refractivity contribution in [2.75, 3.05) is 6.54 Å². The van der Waals surface area contributed by atoms with E-state index in [2.05, 4.69) is 4.57 Å². The van der Waals surface area contributed by atoms with Gasteiger partial charge in [0.1, 0.15) is 0 Å². The second-order valence-corrected chi connectivity index (χ2v) is 5.24. The van der Waals surface area contributed by atoms with Crippen molar-refractivity contribution in [2.24, 2.45) is 5.92 Å². The van der Waals surface area contributed by atoms with Gasteiger partial charge in [0.25, 0.3) is 10.0 Å². The Morgan fingerprint density at radius 3 is 2.67 bits per heavy atom. The molecule has 0 spiro atoms. The molecule has 0 bridgehead atoms. The first-order valence-electron chi connectivity index (χ1n) is 5.22. The molecule has 3 heteroatoms. The van der Waals surface area contributed by atoms with Crippen LogP contribution in [0, 0.1) is 5.92 Å². The fourth-order valence-corrected chi connectivity index (χ4v) is 3.88. The number of rotatable bonds is 1. The lowest BCUT2D eigenvalue weighted by molar-refractivity contribution is 0.123. The van der Waals surface area contributed by atoms with Crippen LogP contribution in [0.4, 0.5) is 4.11 Å². The van der Waals surface area contributed by atoms with Gasteiger partial charge >= 0.3 is 0 Å². The molecule has 0 radical (unpaired) electrons. The van der Waals surface area contributed by atoms with Gasteiger partial charge in [0.2, 0.25) is 0 Å². The maximum absolute atomic E-state index is 12.7. The Bertz CT molecular complexity index is 145. The van der Waals surface area contributed by atoms with Crippen LogP contribution in [0.3, 0.4) is 0 Å². The molecule has 1 saturated carbocycles. The van der Waals surface area contributed by atoms with Gasteiger partial charge < -0.3 is 8.67 Å². The molecule has 1 saturated heterocycles. The van der Waals surface area contributed by atoms with E-state index in [1.165, 1.54) is 38.5 Å². The van der Waals surface area contributed by atoms with E-state index < -0.39 is 10.0 Å². The zero-order chi connectivity index (χ0) is 8.39. The predicted octanol–water partition coefficient (Wildman–Crippen LogP) is 1.61. The molecule has 0 aromatic carbocycles. The molecule has 1 aliphatic carbocycles. The zero-order valence-electron chi connectivity index (χ0n) is 7.64. The van der Waals surface area contributed by atoms with Gasteiger partial charge in [0.15, 0.2) is 0 Å². The van der Waals surface area contributed by atoms with Crippen molar-refractivity contribution in [3.05, 3.63) is 0 Å². The van der Waals surface area contributed by atoms with E-state index in [1.807, 2.05) is 0 Å². The maximum atomic E-state index is 12.7. The van der Waals surface area contributed by atoms with Crippen LogP contribution in [0.25, 0.3) is 0 Å². The summed E-state index contributed by atoms with van der Waals surface area (Å²) in [6.07, 6.45) is 8.00. The lowest BCUT2D eigenvalue weighted by Gasteiger charge is -2.42. The molecule has 2 aliphatic rings. The average Bonchev–Trinajstić information content (AvgIpc) is 2.17. The Hall–Kier alpha value is 0.107. The summed E-state index contributed by atoms with van der Waals surface area (Å²) in [5, 5.41) is 0. The fraction of sp³-hybridized carbons (Fsp3) is 1.00. The minimum atomic E-state index is -1.36. The molecular weight excluding hydrogens is 169 g/mol. The molecule has 0 amide bonds. The highest BCUT2D eigenvalue weighted by Crippen LogP contribution is 2.34. The summed E-state index contributed by atoms with van der Waals surface area (Å²) < 4.78 is 14.9. The van der Waals surface area contributed by atoms with Crippen molar-refractivity contribution in [3.8, 4) is 0 Å². The molecule has 2 unspecified atom stereocenters. The number of nitrogens with zero attached hydrogens (tertiary/aromatic N) is 1. The molecule has 1 aliphatic heterocycles. The smallest absolute Gasteiger partial charge is 0.292 e. The van der Waals surface area contributed by atoms with Gasteiger partial charge in [0.05, 0.1) is 0 Å². The normalized spacial score (nSPS) is 38.8. The van der Waals surface area contributed by atoms with Crippen molar-refractivity contribution in [3.63, 3.8) is 0 Å². The number of halogens is 1. The van der Waals surface area contributed by atoms with E-state index >= 15 is 0 Å². The molecule has 0 aromatic heterocycles. The molecule has 1 heterocycles. The number of hydrogen-bond donors (Lipinski definition) is 0. The zero-order valence-corrected chi connectivity index (χ0v) is 9.05. The van der Waals surface area contributed by atoms with Crippen molar-refractivity contribution in [1.29, 1.82) is 0 Å². The van der Waals surface area contributed by atoms with Crippen molar-refractivity contribution < 1.29 is 4.11 Å². The van der Waals surface area contributed by atoms with Gasteiger partial charge in [0, 0.05) is 6.04 Å². The van der Waals surface area contributed by atoms with Gasteiger partial charge in [-0.15, -0.1) is 0 Å². The van der Waals surface area contributed by atoms with E-state index in [-0.39, 0.29) is 0 Å². The molecule has 2 fully saturated rings. The monoisotopic (exact) mass is 187 g/mol. The average molecular weight is 187 g/mol. The lowest BCUT2D eigenvalue weighted by atomic mass is 9.79. The van der Waals surface area contributed by atoms with E-state index in [0.717, 1.165) is 12.5 Å². The Labute approximate surface area is 76.4 Å². The summed E-state index contributed by atoms with van der Waals surface area (Å²) in [4.78, 5) is 0. The summed E-state index contributed by atoms with van der Waals surface area (Å²) in [5.41, 5.74) is 0. The van der Waals surface area contributed by atoms with Gasteiger partial charge in [-0.2, -0.15) is 0 Å². The SMILES string of the molecule is F[SiH2]N1CCCC2CCCCC21. The highest BCUT2D eigenvalue weighted by Gasteiger charge is 2.32. The number of hydrogen-bond acceptors (Lipinski definition) is 1. The minimum Gasteiger partial charge on any atom is -0.302 e. The predicted molar refractivity (Wildman–Crippen MR) is 51.3 cm³/mol. The largest absolute Gasteiger partial charge is 0.302 e. The molecule has 12 heavy (non-hydrogen) atoms. The third kappa shape index (κ3) is 1.57. The standard InChI is InChI=1S/C9H18FNSi/c10-12-11-7-3-5-8-4-1-2-6-9(8)11/h8-9H,1-7,12H2. The molecule has 2 rings (SSSR count). The quantitative estimate of drug-likeness (QED) is 0.445. The summed E-state index contributed by atoms with van der Waals surface area (Å²) in [7, 11) is -1.36. The topological polar surface area (TPSA) is 3.24 Å². The molecule has 2 atom stereocenters. The molecule has 0 N–H and O–H groups in total. The van der Waals surface area contributed by atoms with Crippen LogP contribution in [0.15, 0.2) is 0 Å². The minimum absolute atomic E-state index is 0.657. The maximum Gasteiger partial charge on any atom is 0.292 e. The van der Waals surface area contributed by atoms with Crippen LogP contribution in [0.2, 0.25) is 0 Å². The van der Waals surface area contributed by atoms with E-state index in [9.17, 15) is 4.11 Å². The van der Waals surface area contributed by atoms with Gasteiger partial charge in [-0.3, -0.25) is 0 Å². The van der Waals surface area contributed by atoms with Gasteiger partial charge in [-0.25, -0.2) is 0 Å². The molecular formula is C9H18FNSi. The van der Waals surface area contributed by atoms with Crippen LogP contribution in [0.5, 0.6) is 0 Å². The Morgan fingerprint density at radius 1 is 1.08 bits per heavy atom. The number of piperidine rings is 1. The third-order valence-corrected chi connectivity index (χ3v) is 4.60. The van der Waals surface area contributed by atoms with Crippen molar-refractivity contribution in [2.45, 2.75) is 44.6 Å². The van der Waals surface area contributed by atoms with E-state index in [0.29, 0.717) is 6.04 Å². The molecule has 70 valence electrons. The lowest BCUT2D eigenvalue weighted by Crippen LogP contribution is -2.47. The van der Waals surface area contributed by atoms with E-state index in [1.54, 1.807) is 0 Å². The molecule has 1 nitrogen and oxygen atoms in total. The summed E-state index contributed by atoms with van der Waals surface area (Å²) >= 11 is 0. The second-order valence-electron chi connectivity index (χ2n) is 4.19. The molecule has 0 aromatic rings. The Balaban J connectivity index is 1.99. The van der Waals surface area contributed by atoms with Crippen LogP contribution >= 0.6 is 0 Å². The van der Waals surface area contributed by atoms with Gasteiger partial charge in [-0.05, 0) is 38.1 Å².